The van der Waals surface area contributed by atoms with Crippen LogP contribution in [-0.2, 0) is 13.8 Å². The molecule has 0 aromatic heterocycles. The zero-order chi connectivity index (χ0) is 13.1. The molecule has 17 heavy (non-hydrogen) atoms. The van der Waals surface area contributed by atoms with Crippen LogP contribution in [0.3, 0.4) is 0 Å². The smallest absolute Gasteiger partial charge is 0.262 e. The molecule has 1 aromatic rings. The molecule has 0 unspecified atom stereocenters. The number of rotatable bonds is 4. The van der Waals surface area contributed by atoms with Crippen molar-refractivity contribution in [3.05, 3.63) is 23.2 Å². The lowest BCUT2D eigenvalue weighted by Crippen LogP contribution is -2.10. The van der Waals surface area contributed by atoms with Crippen LogP contribution in [0.15, 0.2) is 23.1 Å². The maximum atomic E-state index is 11.3. The predicted molar refractivity (Wildman–Crippen MR) is 68.0 cm³/mol. The van der Waals surface area contributed by atoms with E-state index in [1.165, 1.54) is 18.2 Å². The third-order valence-electron chi connectivity index (χ3n) is 1.96. The summed E-state index contributed by atoms with van der Waals surface area (Å²) in [5.74, 6) is -0.148. The minimum absolute atomic E-state index is 0.0192. The molecule has 0 spiro atoms. The molecule has 0 saturated carbocycles. The van der Waals surface area contributed by atoms with Crippen LogP contribution in [0.5, 0.6) is 0 Å². The zero-order valence-electron chi connectivity index (χ0n) is 9.04. The van der Waals surface area contributed by atoms with Gasteiger partial charge >= 0.3 is 0 Å². The summed E-state index contributed by atoms with van der Waals surface area (Å²) in [5, 5.41) is 2.58. The van der Waals surface area contributed by atoms with E-state index >= 15 is 0 Å². The molecule has 0 radical (unpaired) electrons. The number of benzene rings is 1. The van der Waals surface area contributed by atoms with Crippen molar-refractivity contribution in [2.75, 3.05) is 5.32 Å². The third kappa shape index (κ3) is 4.18. The molecular weight excluding hydrogens is 285 g/mol. The minimum atomic E-state index is -3.86. The van der Waals surface area contributed by atoms with Gasteiger partial charge in [0.1, 0.15) is 4.90 Å². The predicted octanol–water partition coefficient (Wildman–Crippen LogP) is 3.01. The van der Waals surface area contributed by atoms with E-state index in [-0.39, 0.29) is 15.8 Å². The van der Waals surface area contributed by atoms with Crippen LogP contribution in [0, 0.1) is 0 Å². The number of anilines is 1. The van der Waals surface area contributed by atoms with Gasteiger partial charge in [0.25, 0.3) is 9.05 Å². The molecule has 94 valence electrons. The van der Waals surface area contributed by atoms with Crippen molar-refractivity contribution >= 4 is 42.9 Å². The van der Waals surface area contributed by atoms with E-state index in [1.807, 2.05) is 6.92 Å². The summed E-state index contributed by atoms with van der Waals surface area (Å²) < 4.78 is 22.2. The van der Waals surface area contributed by atoms with Gasteiger partial charge in [-0.15, -0.1) is 0 Å². The highest BCUT2D eigenvalue weighted by Crippen LogP contribution is 2.27. The van der Waals surface area contributed by atoms with Crippen molar-refractivity contribution in [2.45, 2.75) is 24.7 Å². The summed E-state index contributed by atoms with van der Waals surface area (Å²) in [5.41, 5.74) is 0.442. The van der Waals surface area contributed by atoms with Crippen molar-refractivity contribution in [1.29, 1.82) is 0 Å². The van der Waals surface area contributed by atoms with Gasteiger partial charge in [0.2, 0.25) is 5.91 Å². The normalized spacial score (nSPS) is 11.2. The van der Waals surface area contributed by atoms with Crippen LogP contribution in [0.25, 0.3) is 0 Å². The van der Waals surface area contributed by atoms with Crippen LogP contribution in [0.2, 0.25) is 5.02 Å². The lowest BCUT2D eigenvalue weighted by atomic mass is 10.3. The average molecular weight is 296 g/mol. The van der Waals surface area contributed by atoms with Gasteiger partial charge in [0.15, 0.2) is 0 Å². The Labute approximate surface area is 109 Å². The number of halogens is 2. The lowest BCUT2D eigenvalue weighted by Gasteiger charge is -2.06. The van der Waals surface area contributed by atoms with Gasteiger partial charge in [-0.05, 0) is 24.6 Å². The van der Waals surface area contributed by atoms with Gasteiger partial charge in [-0.2, -0.15) is 0 Å². The topological polar surface area (TPSA) is 63.2 Å². The molecule has 0 fully saturated rings. The van der Waals surface area contributed by atoms with Crippen molar-refractivity contribution in [3.8, 4) is 0 Å². The van der Waals surface area contributed by atoms with Gasteiger partial charge in [-0.1, -0.05) is 18.5 Å². The first-order valence-corrected chi connectivity index (χ1v) is 7.57. The summed E-state index contributed by atoms with van der Waals surface area (Å²) in [7, 11) is 1.31. The highest BCUT2D eigenvalue weighted by Gasteiger charge is 2.15. The van der Waals surface area contributed by atoms with E-state index in [4.69, 9.17) is 22.3 Å². The van der Waals surface area contributed by atoms with E-state index in [0.29, 0.717) is 12.1 Å². The van der Waals surface area contributed by atoms with E-state index in [2.05, 4.69) is 5.32 Å². The van der Waals surface area contributed by atoms with E-state index in [1.54, 1.807) is 0 Å². The molecule has 0 saturated heterocycles. The maximum absolute atomic E-state index is 11.3. The summed E-state index contributed by atoms with van der Waals surface area (Å²) in [4.78, 5) is 11.1. The van der Waals surface area contributed by atoms with E-state index in [9.17, 15) is 13.2 Å². The molecule has 0 atom stereocenters. The molecule has 4 nitrogen and oxygen atoms in total. The van der Waals surface area contributed by atoms with Crippen LogP contribution < -0.4 is 5.32 Å². The Morgan fingerprint density at radius 3 is 2.53 bits per heavy atom. The molecule has 1 rings (SSSR count). The second-order valence-corrected chi connectivity index (χ2v) is 6.32. The molecule has 7 heteroatoms. The molecule has 0 aliphatic heterocycles. The molecule has 0 aliphatic carbocycles. The molecule has 0 bridgehead atoms. The third-order valence-corrected chi connectivity index (χ3v) is 3.76. The van der Waals surface area contributed by atoms with Gasteiger partial charge in [0, 0.05) is 22.8 Å². The first-order valence-electron chi connectivity index (χ1n) is 4.88. The Morgan fingerprint density at radius 1 is 1.41 bits per heavy atom. The summed E-state index contributed by atoms with van der Waals surface area (Å²) >= 11 is 5.76. The number of carbonyl (C=O) groups excluding carboxylic acids is 1. The van der Waals surface area contributed by atoms with Crippen molar-refractivity contribution in [2.24, 2.45) is 0 Å². The van der Waals surface area contributed by atoms with Crippen LogP contribution in [0.4, 0.5) is 5.69 Å². The molecule has 0 aliphatic rings. The van der Waals surface area contributed by atoms with E-state index in [0.717, 1.165) is 6.42 Å². The van der Waals surface area contributed by atoms with Gasteiger partial charge in [-0.25, -0.2) is 8.42 Å². The Balaban J connectivity index is 2.94. The monoisotopic (exact) mass is 295 g/mol. The van der Waals surface area contributed by atoms with Gasteiger partial charge in [0.05, 0.1) is 5.02 Å². The Kier molecular flexibility index (Phi) is 4.80. The highest BCUT2D eigenvalue weighted by molar-refractivity contribution is 8.13. The quantitative estimate of drug-likeness (QED) is 0.869. The average Bonchev–Trinajstić information content (AvgIpc) is 2.15. The maximum Gasteiger partial charge on any atom is 0.262 e. The molecule has 0 heterocycles. The first-order chi connectivity index (χ1) is 7.84. The Hall–Kier alpha value is -0.780. The molecule has 1 aromatic carbocycles. The van der Waals surface area contributed by atoms with E-state index < -0.39 is 9.05 Å². The van der Waals surface area contributed by atoms with Crippen LogP contribution in [0.1, 0.15) is 19.8 Å². The van der Waals surface area contributed by atoms with Gasteiger partial charge in [-0.3, -0.25) is 4.79 Å². The Morgan fingerprint density at radius 2 is 2.06 bits per heavy atom. The first kappa shape index (κ1) is 14.3. The fourth-order valence-corrected chi connectivity index (χ4v) is 2.76. The SMILES string of the molecule is CCCC(=O)Nc1ccc(S(=O)(=O)Cl)c(Cl)c1. The standard InChI is InChI=1S/C10H11Cl2NO3S/c1-2-3-10(14)13-7-4-5-9(8(11)6-7)17(12,15)16/h4-6H,2-3H2,1H3,(H,13,14). The van der Waals surface area contributed by atoms with Crippen molar-refractivity contribution < 1.29 is 13.2 Å². The highest BCUT2D eigenvalue weighted by atomic mass is 35.7. The number of amides is 1. The van der Waals surface area contributed by atoms with Crippen molar-refractivity contribution in [3.63, 3.8) is 0 Å². The number of carbonyl (C=O) groups is 1. The number of nitrogens with one attached hydrogen (secondary N) is 1. The Bertz CT molecular complexity index is 528. The number of hydrogen-bond acceptors (Lipinski definition) is 3. The summed E-state index contributed by atoms with van der Waals surface area (Å²) in [6.45, 7) is 1.88. The van der Waals surface area contributed by atoms with Gasteiger partial charge < -0.3 is 5.32 Å². The fourth-order valence-electron chi connectivity index (χ4n) is 1.23. The molecule has 1 amide bonds. The van der Waals surface area contributed by atoms with Crippen LogP contribution >= 0.6 is 22.3 Å². The lowest BCUT2D eigenvalue weighted by molar-refractivity contribution is -0.116. The zero-order valence-corrected chi connectivity index (χ0v) is 11.4. The molecular formula is C10H11Cl2NO3S. The summed E-state index contributed by atoms with van der Waals surface area (Å²) in [6, 6.07) is 4.05. The molecule has 1 N–H and O–H groups in total. The minimum Gasteiger partial charge on any atom is -0.326 e. The van der Waals surface area contributed by atoms with Crippen molar-refractivity contribution in [1.82, 2.24) is 0 Å². The number of hydrogen-bond donors (Lipinski definition) is 1. The largest absolute Gasteiger partial charge is 0.326 e. The van der Waals surface area contributed by atoms with Crippen LogP contribution in [-0.4, -0.2) is 14.3 Å². The second-order valence-electron chi connectivity index (χ2n) is 3.38. The fraction of sp³-hybridized carbons (Fsp3) is 0.300. The summed E-state index contributed by atoms with van der Waals surface area (Å²) in [6.07, 6.45) is 1.13. The second kappa shape index (κ2) is 5.71.